The van der Waals surface area contributed by atoms with E-state index < -0.39 is 0 Å². The molecule has 1 amide bonds. The molecule has 1 saturated carbocycles. The van der Waals surface area contributed by atoms with Gasteiger partial charge in [0, 0.05) is 31.3 Å². The first-order valence-corrected chi connectivity index (χ1v) is 10.4. The molecule has 0 spiro atoms. The van der Waals surface area contributed by atoms with Gasteiger partial charge in [0.2, 0.25) is 5.91 Å². The lowest BCUT2D eigenvalue weighted by molar-refractivity contribution is -0.714. The second-order valence-corrected chi connectivity index (χ2v) is 8.78. The summed E-state index contributed by atoms with van der Waals surface area (Å²) >= 11 is 3.71. The van der Waals surface area contributed by atoms with Crippen LogP contribution in [0.4, 0.5) is 11.4 Å². The molecule has 2 aromatic heterocycles. The van der Waals surface area contributed by atoms with Crippen LogP contribution in [0.3, 0.4) is 0 Å². The number of nitrogens with two attached hydrogens (primary N) is 1. The highest BCUT2D eigenvalue weighted by atomic mass is 79.9. The summed E-state index contributed by atoms with van der Waals surface area (Å²) in [5.41, 5.74) is 2.81. The molecule has 1 unspecified atom stereocenters. The molecule has 0 bridgehead atoms. The lowest BCUT2D eigenvalue weighted by atomic mass is 10.0. The van der Waals surface area contributed by atoms with Crippen LogP contribution in [-0.4, -0.2) is 41.0 Å². The Hall–Kier alpha value is -1.60. The summed E-state index contributed by atoms with van der Waals surface area (Å²) in [6.45, 7) is 6.53. The zero-order valence-corrected chi connectivity index (χ0v) is 17.0. The van der Waals surface area contributed by atoms with Gasteiger partial charge in [0.15, 0.2) is 0 Å². The second-order valence-electron chi connectivity index (χ2n) is 7.93. The van der Waals surface area contributed by atoms with Crippen molar-refractivity contribution in [3.05, 3.63) is 16.9 Å². The quantitative estimate of drug-likeness (QED) is 0.695. The number of carbonyl (C=O) groups is 1. The first-order chi connectivity index (χ1) is 12.5. The number of pyridine rings is 1. The van der Waals surface area contributed by atoms with E-state index in [0.29, 0.717) is 12.1 Å². The molecule has 2 fully saturated rings. The standard InChI is InChI=1S/C19H26BrN5O/c1-11(2)23-13-4-3-7-25(10-13)17-14(20)8-21-18-16(17)15(9-22-18)24-19(26)12-5-6-12/h8-9,11-13,23H,3-7,10H2,1-2H3,(H,21,22)(H,24,26)/p+1. The Morgan fingerprint density at radius 3 is 2.96 bits per heavy atom. The number of rotatable bonds is 5. The number of fused-ring (bicyclic) bond motifs is 1. The van der Waals surface area contributed by atoms with Crippen molar-refractivity contribution in [3.8, 4) is 0 Å². The highest BCUT2D eigenvalue weighted by Crippen LogP contribution is 2.39. The van der Waals surface area contributed by atoms with Crippen LogP contribution in [0.1, 0.15) is 39.5 Å². The average molecular weight is 421 g/mol. The molecule has 0 aromatic carbocycles. The van der Waals surface area contributed by atoms with Gasteiger partial charge in [-0.1, -0.05) is 0 Å². The largest absolute Gasteiger partial charge is 0.364 e. The van der Waals surface area contributed by atoms with Crippen LogP contribution in [0.2, 0.25) is 0 Å². The molecule has 1 aliphatic carbocycles. The molecule has 6 nitrogen and oxygen atoms in total. The molecule has 4 N–H and O–H groups in total. The zero-order chi connectivity index (χ0) is 18.3. The second kappa shape index (κ2) is 7.19. The Morgan fingerprint density at radius 1 is 1.42 bits per heavy atom. The molecule has 2 aromatic rings. The molecule has 0 radical (unpaired) electrons. The van der Waals surface area contributed by atoms with Crippen molar-refractivity contribution in [3.63, 3.8) is 0 Å². The minimum atomic E-state index is 0.126. The Balaban J connectivity index is 1.67. The van der Waals surface area contributed by atoms with E-state index in [0.717, 1.165) is 52.8 Å². The maximum atomic E-state index is 12.3. The fraction of sp³-hybridized carbons (Fsp3) is 0.579. The molecule has 140 valence electrons. The summed E-state index contributed by atoms with van der Waals surface area (Å²) in [7, 11) is 0. The van der Waals surface area contributed by atoms with Crippen molar-refractivity contribution in [2.75, 3.05) is 23.3 Å². The molecule has 4 rings (SSSR count). The number of piperidine rings is 1. The number of hydrogen-bond donors (Lipinski definition) is 3. The van der Waals surface area contributed by atoms with Crippen molar-refractivity contribution in [2.45, 2.75) is 51.6 Å². The van der Waals surface area contributed by atoms with Gasteiger partial charge in [-0.25, -0.2) is 4.98 Å². The van der Waals surface area contributed by atoms with Gasteiger partial charge < -0.3 is 20.5 Å². The predicted molar refractivity (Wildman–Crippen MR) is 107 cm³/mol. The number of carbonyl (C=O) groups excluding carboxylic acids is 1. The van der Waals surface area contributed by atoms with Crippen LogP contribution in [0.5, 0.6) is 0 Å². The molecule has 3 heterocycles. The number of aromatic amines is 1. The van der Waals surface area contributed by atoms with Crippen molar-refractivity contribution >= 4 is 44.2 Å². The highest BCUT2D eigenvalue weighted by Gasteiger charge is 2.31. The van der Waals surface area contributed by atoms with Crippen LogP contribution in [0.15, 0.2) is 16.9 Å². The average Bonchev–Trinajstić information content (AvgIpc) is 3.38. The number of anilines is 2. The number of nitrogens with one attached hydrogen (secondary N) is 2. The van der Waals surface area contributed by atoms with Gasteiger partial charge in [0.1, 0.15) is 11.7 Å². The molecule has 2 aliphatic rings. The van der Waals surface area contributed by atoms with Crippen molar-refractivity contribution in [1.29, 1.82) is 0 Å². The van der Waals surface area contributed by atoms with E-state index in [1.54, 1.807) is 0 Å². The van der Waals surface area contributed by atoms with Crippen molar-refractivity contribution in [1.82, 2.24) is 9.97 Å². The molecule has 1 atom stereocenters. The normalized spacial score (nSPS) is 20.8. The number of nitrogens with zero attached hydrogens (tertiary/aromatic N) is 2. The Morgan fingerprint density at radius 2 is 2.23 bits per heavy atom. The molecule has 1 aliphatic heterocycles. The summed E-state index contributed by atoms with van der Waals surface area (Å²) in [4.78, 5) is 22.5. The zero-order valence-electron chi connectivity index (χ0n) is 15.4. The third-order valence-corrected chi connectivity index (χ3v) is 5.85. The van der Waals surface area contributed by atoms with Crippen LogP contribution in [0, 0.1) is 5.92 Å². The van der Waals surface area contributed by atoms with E-state index in [1.165, 1.54) is 12.8 Å². The summed E-state index contributed by atoms with van der Waals surface area (Å²) < 4.78 is 0.983. The molecular formula is C19H27BrN5O+. The first-order valence-electron chi connectivity index (χ1n) is 9.59. The van der Waals surface area contributed by atoms with Gasteiger partial charge in [0.25, 0.3) is 0 Å². The molecular weight excluding hydrogens is 394 g/mol. The highest BCUT2D eigenvalue weighted by molar-refractivity contribution is 9.10. The smallest absolute Gasteiger partial charge is 0.227 e. The van der Waals surface area contributed by atoms with Crippen molar-refractivity contribution < 1.29 is 10.1 Å². The summed E-state index contributed by atoms with van der Waals surface area (Å²) in [6, 6.07) is 1.20. The Labute approximate surface area is 162 Å². The predicted octanol–water partition coefficient (Wildman–Crippen LogP) is 2.61. The topological polar surface area (TPSA) is 77.6 Å². The number of amides is 1. The maximum absolute atomic E-state index is 12.3. The van der Waals surface area contributed by atoms with Crippen molar-refractivity contribution in [2.24, 2.45) is 5.92 Å². The summed E-state index contributed by atoms with van der Waals surface area (Å²) in [5, 5.41) is 6.59. The van der Waals surface area contributed by atoms with Gasteiger partial charge in [-0.15, -0.1) is 0 Å². The van der Waals surface area contributed by atoms with Gasteiger partial charge in [0.05, 0.1) is 33.8 Å². The minimum absolute atomic E-state index is 0.126. The molecule has 26 heavy (non-hydrogen) atoms. The van der Waals surface area contributed by atoms with Crippen LogP contribution in [0.25, 0.3) is 11.0 Å². The van der Waals surface area contributed by atoms with E-state index >= 15 is 0 Å². The maximum Gasteiger partial charge on any atom is 0.227 e. The van der Waals surface area contributed by atoms with E-state index in [-0.39, 0.29) is 11.8 Å². The lowest BCUT2D eigenvalue weighted by Crippen LogP contribution is -2.95. The fourth-order valence-corrected chi connectivity index (χ4v) is 4.51. The van der Waals surface area contributed by atoms with Crippen LogP contribution >= 0.6 is 15.9 Å². The molecule has 7 heteroatoms. The number of quaternary nitrogens is 1. The van der Waals surface area contributed by atoms with E-state index in [2.05, 4.69) is 55.3 Å². The summed E-state index contributed by atoms with van der Waals surface area (Å²) in [5.74, 6) is 0.310. The SMILES string of the molecule is CC(C)[NH2+]C1CCCN(c2c(Br)cnc3[nH]cc(NC(=O)C4CC4)c23)C1. The van der Waals surface area contributed by atoms with Crippen LogP contribution < -0.4 is 15.5 Å². The van der Waals surface area contributed by atoms with Gasteiger partial charge in [-0.3, -0.25) is 4.79 Å². The first kappa shape index (κ1) is 17.8. The minimum Gasteiger partial charge on any atom is -0.364 e. The lowest BCUT2D eigenvalue weighted by Gasteiger charge is -2.34. The Bertz CT molecular complexity index is 814. The van der Waals surface area contributed by atoms with Gasteiger partial charge in [-0.2, -0.15) is 0 Å². The monoisotopic (exact) mass is 420 g/mol. The third-order valence-electron chi connectivity index (χ3n) is 5.27. The van der Waals surface area contributed by atoms with Gasteiger partial charge >= 0.3 is 0 Å². The van der Waals surface area contributed by atoms with E-state index in [9.17, 15) is 4.79 Å². The van der Waals surface area contributed by atoms with E-state index in [4.69, 9.17) is 0 Å². The molecule has 1 saturated heterocycles. The van der Waals surface area contributed by atoms with Gasteiger partial charge in [-0.05, 0) is 49.0 Å². The number of aromatic nitrogens is 2. The summed E-state index contributed by atoms with van der Waals surface area (Å²) in [6.07, 6.45) is 8.16. The number of hydrogen-bond acceptors (Lipinski definition) is 3. The number of halogens is 1. The Kier molecular flexibility index (Phi) is 4.92. The van der Waals surface area contributed by atoms with Crippen LogP contribution in [-0.2, 0) is 4.79 Å². The third kappa shape index (κ3) is 3.60. The number of H-pyrrole nitrogens is 1. The van der Waals surface area contributed by atoms with E-state index in [1.807, 2.05) is 12.4 Å². The fourth-order valence-electron chi connectivity index (χ4n) is 3.96.